The first-order valence-electron chi connectivity index (χ1n) is 19.5. The van der Waals surface area contributed by atoms with Gasteiger partial charge in [-0.05, 0) is 106 Å². The van der Waals surface area contributed by atoms with Crippen LogP contribution in [0, 0.1) is 0 Å². The molecule has 0 radical (unpaired) electrons. The van der Waals surface area contributed by atoms with Crippen LogP contribution in [0.1, 0.15) is 9.60 Å². The van der Waals surface area contributed by atoms with Crippen LogP contribution in [-0.4, -0.2) is 0 Å². The van der Waals surface area contributed by atoms with Crippen molar-refractivity contribution in [1.29, 1.82) is 0 Å². The van der Waals surface area contributed by atoms with E-state index in [9.17, 15) is 6.85 Å². The Morgan fingerprint density at radius 3 is 1.48 bits per heavy atom. The van der Waals surface area contributed by atoms with Gasteiger partial charge in [0, 0.05) is 0 Å². The van der Waals surface area contributed by atoms with Crippen LogP contribution in [0.4, 0.5) is 0 Å². The Morgan fingerprint density at radius 2 is 0.771 bits per heavy atom. The number of hydrogen-bond donors (Lipinski definition) is 0. The molecule has 0 N–H and O–H groups in total. The molecule has 0 fully saturated rings. The Balaban J connectivity index is 1.43. The predicted octanol–water partition coefficient (Wildman–Crippen LogP) is 13.5. The second-order valence-corrected chi connectivity index (χ2v) is 12.0. The highest BCUT2D eigenvalue weighted by molar-refractivity contribution is 6.22. The number of rotatable bonds is 5. The Bertz CT molecular complexity index is 2970. The largest absolute Gasteiger partial charge is 0.0636 e. The van der Waals surface area contributed by atoms with Gasteiger partial charge < -0.3 is 0 Å². The quantitative estimate of drug-likeness (QED) is 0.169. The molecular formula is C48H32. The molecule has 0 saturated heterocycles. The van der Waals surface area contributed by atoms with Crippen molar-refractivity contribution in [2.45, 2.75) is 0 Å². The van der Waals surface area contributed by atoms with Gasteiger partial charge in [-0.25, -0.2) is 0 Å². The van der Waals surface area contributed by atoms with Crippen molar-refractivity contribution >= 4 is 32.3 Å². The highest BCUT2D eigenvalue weighted by Gasteiger charge is 2.18. The summed E-state index contributed by atoms with van der Waals surface area (Å²) in [5, 5.41) is 3.09. The second-order valence-electron chi connectivity index (χ2n) is 12.0. The van der Waals surface area contributed by atoms with E-state index >= 15 is 0 Å². The molecule has 0 saturated carbocycles. The summed E-state index contributed by atoms with van der Waals surface area (Å²) in [4.78, 5) is 0. The van der Waals surface area contributed by atoms with Gasteiger partial charge in [0.25, 0.3) is 0 Å². The van der Waals surface area contributed by atoms with Crippen LogP contribution in [0.5, 0.6) is 0 Å². The summed E-state index contributed by atoms with van der Waals surface area (Å²) < 4.78 is 65.5. The minimum Gasteiger partial charge on any atom is -0.0622 e. The van der Waals surface area contributed by atoms with E-state index in [0.29, 0.717) is 38.6 Å². The van der Waals surface area contributed by atoms with Crippen molar-refractivity contribution in [3.63, 3.8) is 0 Å². The maximum atomic E-state index is 9.92. The average molecular weight is 616 g/mol. The van der Waals surface area contributed by atoms with E-state index in [1.807, 2.05) is 115 Å². The summed E-state index contributed by atoms with van der Waals surface area (Å²) in [5.74, 6) is 0. The fraction of sp³-hybridized carbons (Fsp3) is 0. The first-order chi connectivity index (χ1) is 26.7. The van der Waals surface area contributed by atoms with Gasteiger partial charge >= 0.3 is 0 Å². The van der Waals surface area contributed by atoms with Gasteiger partial charge in [0.05, 0.1) is 9.60 Å². The second kappa shape index (κ2) is 11.8. The molecule has 0 aromatic heterocycles. The van der Waals surface area contributed by atoms with E-state index < -0.39 is 0 Å². The van der Waals surface area contributed by atoms with Crippen molar-refractivity contribution in [2.24, 2.45) is 0 Å². The van der Waals surface area contributed by atoms with Crippen LogP contribution >= 0.6 is 0 Å². The van der Waals surface area contributed by atoms with Crippen molar-refractivity contribution in [3.05, 3.63) is 194 Å². The molecule has 0 atom stereocenters. The molecule has 0 bridgehead atoms. The fourth-order valence-corrected chi connectivity index (χ4v) is 6.73. The molecule has 0 aliphatic carbocycles. The molecule has 0 nitrogen and oxygen atoms in total. The Morgan fingerprint density at radius 1 is 0.292 bits per heavy atom. The van der Waals surface area contributed by atoms with Crippen LogP contribution in [0.25, 0.3) is 88.0 Å². The summed E-state index contributed by atoms with van der Waals surface area (Å²) >= 11 is 0. The highest BCUT2D eigenvalue weighted by Crippen LogP contribution is 2.45. The zero-order valence-corrected chi connectivity index (χ0v) is 25.9. The average Bonchev–Trinajstić information content (AvgIpc) is 3.23. The Kier molecular flexibility index (Phi) is 5.31. The molecule has 0 aliphatic heterocycles. The van der Waals surface area contributed by atoms with E-state index in [2.05, 4.69) is 36.4 Å². The lowest BCUT2D eigenvalue weighted by molar-refractivity contribution is 1.58. The first kappa shape index (κ1) is 21.5. The van der Waals surface area contributed by atoms with E-state index in [0.717, 1.165) is 33.0 Å². The highest BCUT2D eigenvalue weighted by atomic mass is 14.2. The summed E-state index contributed by atoms with van der Waals surface area (Å²) in [6.07, 6.45) is 0. The molecule has 0 amide bonds. The van der Waals surface area contributed by atoms with E-state index in [1.165, 1.54) is 0 Å². The number of hydrogen-bond acceptors (Lipinski definition) is 0. The Labute approximate surface area is 291 Å². The van der Waals surface area contributed by atoms with Gasteiger partial charge in [-0.3, -0.25) is 0 Å². The molecule has 9 aromatic carbocycles. The minimum absolute atomic E-state index is 0.0196. The monoisotopic (exact) mass is 615 g/mol. The van der Waals surface area contributed by atoms with Crippen molar-refractivity contribution in [2.75, 3.05) is 0 Å². The number of fused-ring (bicyclic) bond motifs is 3. The standard InChI is InChI=1S/C48H32/c1-3-12-33(13-4-1)36-22-24-37(25-23-36)39-18-11-19-41(30-39)48-44-21-10-9-20-43(44)47(42-27-26-35-16-7-8-17-38(35)31-42)45-29-28-40(32-46(45)48)34-14-5-2-6-15-34/h1-32H/i9D,10D,20D,21D,28D,29D,32D. The third kappa shape index (κ3) is 4.96. The van der Waals surface area contributed by atoms with Crippen LogP contribution in [0.3, 0.4) is 0 Å². The van der Waals surface area contributed by atoms with Crippen LogP contribution in [-0.2, 0) is 0 Å². The van der Waals surface area contributed by atoms with Gasteiger partial charge in [-0.1, -0.05) is 176 Å². The van der Waals surface area contributed by atoms with E-state index in [1.54, 1.807) is 0 Å². The van der Waals surface area contributed by atoms with Crippen LogP contribution in [0.15, 0.2) is 194 Å². The van der Waals surface area contributed by atoms with Crippen LogP contribution < -0.4 is 0 Å². The third-order valence-corrected chi connectivity index (χ3v) is 9.08. The molecule has 48 heavy (non-hydrogen) atoms. The van der Waals surface area contributed by atoms with E-state index in [4.69, 9.17) is 2.74 Å². The van der Waals surface area contributed by atoms with E-state index in [-0.39, 0.29) is 58.6 Å². The van der Waals surface area contributed by atoms with Gasteiger partial charge in [-0.2, -0.15) is 0 Å². The zero-order valence-electron chi connectivity index (χ0n) is 32.9. The van der Waals surface area contributed by atoms with Gasteiger partial charge in [0.1, 0.15) is 0 Å². The predicted molar refractivity (Wildman–Crippen MR) is 206 cm³/mol. The maximum absolute atomic E-state index is 9.92. The lowest BCUT2D eigenvalue weighted by Crippen LogP contribution is -1.92. The Hall–Kier alpha value is -6.24. The third-order valence-electron chi connectivity index (χ3n) is 9.08. The molecule has 0 spiro atoms. The first-order valence-corrected chi connectivity index (χ1v) is 16.0. The summed E-state index contributed by atoms with van der Waals surface area (Å²) in [7, 11) is 0. The minimum atomic E-state index is -0.387. The molecule has 9 aromatic rings. The zero-order chi connectivity index (χ0) is 38.0. The SMILES string of the molecule is [2H]c1c([2H])c([2H])c2c(-c3cccc(-c4ccc(-c5ccccc5)cc4)c3)c3c([2H])c(-c4ccccc4)c([2H])c([2H])c3c(-c3ccc4ccccc4c3)c2c1[2H]. The fourth-order valence-electron chi connectivity index (χ4n) is 6.73. The molecule has 9 rings (SSSR count). The molecule has 0 aliphatic rings. The molecular weight excluding hydrogens is 577 g/mol. The van der Waals surface area contributed by atoms with Crippen molar-refractivity contribution in [3.8, 4) is 55.6 Å². The van der Waals surface area contributed by atoms with Gasteiger partial charge in [0.15, 0.2) is 0 Å². The smallest absolute Gasteiger partial charge is 0.0622 e. The van der Waals surface area contributed by atoms with Gasteiger partial charge in [0.2, 0.25) is 0 Å². The lowest BCUT2D eigenvalue weighted by Gasteiger charge is -2.19. The van der Waals surface area contributed by atoms with Crippen molar-refractivity contribution in [1.82, 2.24) is 0 Å². The molecule has 224 valence electrons. The molecule has 0 heterocycles. The summed E-state index contributed by atoms with van der Waals surface area (Å²) in [5.41, 5.74) is 7.05. The normalized spacial score (nSPS) is 13.4. The summed E-state index contributed by atoms with van der Waals surface area (Å²) in [6, 6.07) is 47.7. The van der Waals surface area contributed by atoms with Crippen molar-refractivity contribution < 1.29 is 9.60 Å². The molecule has 0 unspecified atom stereocenters. The summed E-state index contributed by atoms with van der Waals surface area (Å²) in [6.45, 7) is 0. The van der Waals surface area contributed by atoms with Gasteiger partial charge in [-0.15, -0.1) is 0 Å². The lowest BCUT2D eigenvalue weighted by atomic mass is 9.84. The maximum Gasteiger partial charge on any atom is 0.0636 e. The van der Waals surface area contributed by atoms with Crippen LogP contribution in [0.2, 0.25) is 0 Å². The topological polar surface area (TPSA) is 0 Å². The molecule has 0 heteroatoms. The number of benzene rings is 9.